The van der Waals surface area contributed by atoms with Crippen molar-refractivity contribution < 1.29 is 5.11 Å². The van der Waals surface area contributed by atoms with Crippen LogP contribution in [-0.4, -0.2) is 29.2 Å². The maximum Gasteiger partial charge on any atom is 0.0995 e. The van der Waals surface area contributed by atoms with E-state index in [0.29, 0.717) is 12.6 Å². The summed E-state index contributed by atoms with van der Waals surface area (Å²) < 4.78 is 0. The molecule has 0 fully saturated rings. The summed E-state index contributed by atoms with van der Waals surface area (Å²) in [5, 5.41) is 18.3. The molecule has 3 heteroatoms. The van der Waals surface area contributed by atoms with Crippen LogP contribution in [0.15, 0.2) is 24.3 Å². The average Bonchev–Trinajstić information content (AvgIpc) is 2.41. The van der Waals surface area contributed by atoms with Gasteiger partial charge in [0.25, 0.3) is 0 Å². The average molecular weight is 246 g/mol. The Labute approximate surface area is 110 Å². The normalized spacial score (nSPS) is 10.9. The number of hydrogen-bond acceptors (Lipinski definition) is 3. The Hall–Kier alpha value is -1.37. The summed E-state index contributed by atoms with van der Waals surface area (Å²) in [5.41, 5.74) is 1.77. The minimum Gasteiger partial charge on any atom is -0.395 e. The molecule has 18 heavy (non-hydrogen) atoms. The molecule has 0 saturated carbocycles. The third-order valence-corrected chi connectivity index (χ3v) is 3.36. The molecule has 0 unspecified atom stereocenters. The molecule has 1 rings (SSSR count). The number of nitriles is 1. The second-order valence-electron chi connectivity index (χ2n) is 4.43. The Morgan fingerprint density at radius 1 is 1.28 bits per heavy atom. The van der Waals surface area contributed by atoms with Crippen LogP contribution < -0.4 is 0 Å². The van der Waals surface area contributed by atoms with Crippen molar-refractivity contribution in [3.63, 3.8) is 0 Å². The first-order chi connectivity index (χ1) is 8.76. The van der Waals surface area contributed by atoms with Gasteiger partial charge in [-0.15, -0.1) is 0 Å². The van der Waals surface area contributed by atoms with Crippen molar-refractivity contribution >= 4 is 0 Å². The van der Waals surface area contributed by atoms with Crippen LogP contribution in [0.25, 0.3) is 0 Å². The fraction of sp³-hybridized carbons (Fsp3) is 0.533. The first kappa shape index (κ1) is 14.7. The summed E-state index contributed by atoms with van der Waals surface area (Å²) in [6.45, 7) is 5.87. The monoisotopic (exact) mass is 246 g/mol. The van der Waals surface area contributed by atoms with Crippen molar-refractivity contribution in [2.45, 2.75) is 39.3 Å². The van der Waals surface area contributed by atoms with E-state index in [4.69, 9.17) is 5.26 Å². The quantitative estimate of drug-likeness (QED) is 0.804. The smallest absolute Gasteiger partial charge is 0.0995 e. The lowest BCUT2D eigenvalue weighted by atomic mass is 10.1. The van der Waals surface area contributed by atoms with Crippen LogP contribution in [0.4, 0.5) is 0 Å². The van der Waals surface area contributed by atoms with Crippen molar-refractivity contribution in [3.8, 4) is 6.07 Å². The third kappa shape index (κ3) is 3.83. The molecule has 0 saturated heterocycles. The highest BCUT2D eigenvalue weighted by atomic mass is 16.3. The number of nitrogens with zero attached hydrogens (tertiary/aromatic N) is 2. The van der Waals surface area contributed by atoms with Crippen LogP contribution in [0.3, 0.4) is 0 Å². The van der Waals surface area contributed by atoms with Gasteiger partial charge in [0.2, 0.25) is 0 Å². The molecule has 0 aliphatic heterocycles. The van der Waals surface area contributed by atoms with Gasteiger partial charge in [-0.1, -0.05) is 32.0 Å². The Kier molecular flexibility index (Phi) is 6.42. The summed E-state index contributed by atoms with van der Waals surface area (Å²) in [6.07, 6.45) is 2.12. The van der Waals surface area contributed by atoms with Gasteiger partial charge in [-0.2, -0.15) is 5.26 Å². The standard InChI is InChI=1S/C15H22N2O/c1-3-15(4-2)17(9-10-18)12-14-8-6-5-7-13(14)11-16/h5-8,15,18H,3-4,9-10,12H2,1-2H3. The molecule has 0 aromatic heterocycles. The van der Waals surface area contributed by atoms with Crippen molar-refractivity contribution in [1.82, 2.24) is 4.90 Å². The second kappa shape index (κ2) is 7.86. The lowest BCUT2D eigenvalue weighted by Crippen LogP contribution is -2.36. The zero-order valence-electron chi connectivity index (χ0n) is 11.3. The van der Waals surface area contributed by atoms with E-state index >= 15 is 0 Å². The van der Waals surface area contributed by atoms with Crippen molar-refractivity contribution in [3.05, 3.63) is 35.4 Å². The molecule has 0 amide bonds. The van der Waals surface area contributed by atoms with Gasteiger partial charge in [0.1, 0.15) is 0 Å². The highest BCUT2D eigenvalue weighted by molar-refractivity contribution is 5.37. The summed E-state index contributed by atoms with van der Waals surface area (Å²) in [6, 6.07) is 10.4. The molecule has 3 nitrogen and oxygen atoms in total. The fourth-order valence-electron chi connectivity index (χ4n) is 2.31. The van der Waals surface area contributed by atoms with Gasteiger partial charge in [0.15, 0.2) is 0 Å². The molecule has 0 heterocycles. The van der Waals surface area contributed by atoms with Gasteiger partial charge in [-0.05, 0) is 24.5 Å². The van der Waals surface area contributed by atoms with E-state index < -0.39 is 0 Å². The van der Waals surface area contributed by atoms with Crippen molar-refractivity contribution in [2.75, 3.05) is 13.2 Å². The number of benzene rings is 1. The Morgan fingerprint density at radius 3 is 2.50 bits per heavy atom. The summed E-state index contributed by atoms with van der Waals surface area (Å²) >= 11 is 0. The van der Waals surface area contributed by atoms with Crippen LogP contribution in [0.5, 0.6) is 0 Å². The van der Waals surface area contributed by atoms with Crippen LogP contribution in [-0.2, 0) is 6.54 Å². The van der Waals surface area contributed by atoms with Crippen LogP contribution in [0.1, 0.15) is 37.8 Å². The summed E-state index contributed by atoms with van der Waals surface area (Å²) in [7, 11) is 0. The molecule has 1 aromatic rings. The maximum atomic E-state index is 9.17. The van der Waals surface area contributed by atoms with Crippen molar-refractivity contribution in [1.29, 1.82) is 5.26 Å². The molecule has 0 aliphatic rings. The van der Waals surface area contributed by atoms with Crippen LogP contribution in [0.2, 0.25) is 0 Å². The minimum atomic E-state index is 0.158. The van der Waals surface area contributed by atoms with E-state index in [0.717, 1.165) is 30.5 Å². The lowest BCUT2D eigenvalue weighted by molar-refractivity contribution is 0.136. The first-order valence-electron chi connectivity index (χ1n) is 6.59. The number of aliphatic hydroxyl groups is 1. The maximum absolute atomic E-state index is 9.17. The molecule has 1 N–H and O–H groups in total. The van der Waals surface area contributed by atoms with E-state index in [1.165, 1.54) is 0 Å². The molecule has 0 aliphatic carbocycles. The van der Waals surface area contributed by atoms with Gasteiger partial charge in [-0.25, -0.2) is 0 Å². The summed E-state index contributed by atoms with van der Waals surface area (Å²) in [4.78, 5) is 2.26. The van der Waals surface area contributed by atoms with E-state index in [9.17, 15) is 5.11 Å². The fourth-order valence-corrected chi connectivity index (χ4v) is 2.31. The molecule has 0 radical (unpaired) electrons. The highest BCUT2D eigenvalue weighted by Gasteiger charge is 2.16. The van der Waals surface area contributed by atoms with Crippen LogP contribution >= 0.6 is 0 Å². The molecule has 0 spiro atoms. The van der Waals surface area contributed by atoms with Gasteiger partial charge in [-0.3, -0.25) is 4.90 Å². The SMILES string of the molecule is CCC(CC)N(CCO)Cc1ccccc1C#N. The highest BCUT2D eigenvalue weighted by Crippen LogP contribution is 2.15. The van der Waals surface area contributed by atoms with Crippen molar-refractivity contribution in [2.24, 2.45) is 0 Å². The van der Waals surface area contributed by atoms with E-state index in [1.54, 1.807) is 0 Å². The zero-order chi connectivity index (χ0) is 13.4. The number of rotatable bonds is 7. The van der Waals surface area contributed by atoms with E-state index in [2.05, 4.69) is 24.8 Å². The lowest BCUT2D eigenvalue weighted by Gasteiger charge is -2.30. The van der Waals surface area contributed by atoms with Crippen LogP contribution in [0, 0.1) is 11.3 Å². The molecular formula is C15H22N2O. The molecule has 0 atom stereocenters. The predicted octanol–water partition coefficient (Wildman–Crippen LogP) is 2.54. The molecule has 98 valence electrons. The summed E-state index contributed by atoms with van der Waals surface area (Å²) in [5.74, 6) is 0. The minimum absolute atomic E-state index is 0.158. The Morgan fingerprint density at radius 2 is 1.94 bits per heavy atom. The third-order valence-electron chi connectivity index (χ3n) is 3.36. The number of hydrogen-bond donors (Lipinski definition) is 1. The second-order valence-corrected chi connectivity index (χ2v) is 4.43. The van der Waals surface area contributed by atoms with E-state index in [-0.39, 0.29) is 6.61 Å². The molecule has 0 bridgehead atoms. The zero-order valence-corrected chi connectivity index (χ0v) is 11.3. The van der Waals surface area contributed by atoms with E-state index in [1.807, 2.05) is 24.3 Å². The van der Waals surface area contributed by atoms with Gasteiger partial charge >= 0.3 is 0 Å². The number of aliphatic hydroxyl groups excluding tert-OH is 1. The van der Waals surface area contributed by atoms with Gasteiger partial charge < -0.3 is 5.11 Å². The predicted molar refractivity (Wildman–Crippen MR) is 73.0 cm³/mol. The largest absolute Gasteiger partial charge is 0.395 e. The van der Waals surface area contributed by atoms with Gasteiger partial charge in [0.05, 0.1) is 18.2 Å². The Bertz CT molecular complexity index is 394. The van der Waals surface area contributed by atoms with Gasteiger partial charge in [0, 0.05) is 19.1 Å². The molecular weight excluding hydrogens is 224 g/mol. The molecule has 1 aromatic carbocycles. The topological polar surface area (TPSA) is 47.3 Å². The Balaban J connectivity index is 2.86. The first-order valence-corrected chi connectivity index (χ1v) is 6.59.